The minimum absolute atomic E-state index is 0.0489. The number of ether oxygens (including phenoxy) is 1. The van der Waals surface area contributed by atoms with E-state index in [1.54, 1.807) is 4.90 Å². The molecule has 1 aromatic heterocycles. The topological polar surface area (TPSA) is 89.3 Å². The van der Waals surface area contributed by atoms with E-state index in [0.717, 1.165) is 54.5 Å². The molecular weight excluding hydrogens is 430 g/mol. The highest BCUT2D eigenvalue weighted by Gasteiger charge is 2.35. The molecule has 5 rings (SSSR count). The smallest absolute Gasteiger partial charge is 0.229 e. The minimum atomic E-state index is -0.397. The Morgan fingerprint density at radius 1 is 1.06 bits per heavy atom. The minimum Gasteiger partial charge on any atom is -0.494 e. The summed E-state index contributed by atoms with van der Waals surface area (Å²) in [6.45, 7) is 3.82. The summed E-state index contributed by atoms with van der Waals surface area (Å²) in [6, 6.07) is 15.1. The molecule has 8 heteroatoms. The molecule has 176 valence electrons. The van der Waals surface area contributed by atoms with Gasteiger partial charge in [0, 0.05) is 42.9 Å². The molecule has 1 N–H and O–H groups in total. The first-order valence-corrected chi connectivity index (χ1v) is 12.0. The van der Waals surface area contributed by atoms with Crippen molar-refractivity contribution in [1.29, 1.82) is 0 Å². The number of aromatic nitrogens is 3. The number of hydrogen-bond donors (Lipinski definition) is 1. The normalized spacial score (nSPS) is 17.9. The van der Waals surface area contributed by atoms with Gasteiger partial charge in [0.05, 0.1) is 12.5 Å². The van der Waals surface area contributed by atoms with Gasteiger partial charge in [0.1, 0.15) is 11.6 Å². The number of anilines is 2. The molecule has 34 heavy (non-hydrogen) atoms. The van der Waals surface area contributed by atoms with Gasteiger partial charge in [0.15, 0.2) is 5.82 Å². The predicted molar refractivity (Wildman–Crippen MR) is 130 cm³/mol. The van der Waals surface area contributed by atoms with Crippen molar-refractivity contribution in [2.75, 3.05) is 23.4 Å². The average molecular weight is 460 g/mol. The van der Waals surface area contributed by atoms with Crippen LogP contribution in [0.5, 0.6) is 5.75 Å². The second-order valence-electron chi connectivity index (χ2n) is 8.80. The lowest BCUT2D eigenvalue weighted by atomic mass is 10.1. The van der Waals surface area contributed by atoms with Gasteiger partial charge in [-0.1, -0.05) is 6.42 Å². The zero-order chi connectivity index (χ0) is 23.5. The second kappa shape index (κ2) is 9.67. The van der Waals surface area contributed by atoms with Crippen LogP contribution >= 0.6 is 0 Å². The Hall–Kier alpha value is -3.68. The maximum atomic E-state index is 12.9. The molecule has 8 nitrogen and oxygen atoms in total. The van der Waals surface area contributed by atoms with E-state index < -0.39 is 5.92 Å². The third-order valence-electron chi connectivity index (χ3n) is 6.48. The van der Waals surface area contributed by atoms with Crippen molar-refractivity contribution < 1.29 is 14.3 Å². The van der Waals surface area contributed by atoms with Crippen LogP contribution in [0.1, 0.15) is 38.4 Å². The highest BCUT2D eigenvalue weighted by atomic mass is 16.5. The Balaban J connectivity index is 1.23. The third-order valence-corrected chi connectivity index (χ3v) is 6.48. The zero-order valence-corrected chi connectivity index (χ0v) is 19.4. The number of hydrogen-bond acceptors (Lipinski definition) is 5. The molecule has 1 saturated heterocycles. The molecule has 2 aliphatic rings. The number of nitrogens with one attached hydrogen (secondary N) is 1. The Morgan fingerprint density at radius 3 is 2.62 bits per heavy atom. The molecule has 2 amide bonds. The maximum absolute atomic E-state index is 12.9. The van der Waals surface area contributed by atoms with Crippen LogP contribution in [-0.4, -0.2) is 39.7 Å². The fourth-order valence-electron chi connectivity index (χ4n) is 4.67. The average Bonchev–Trinajstić information content (AvgIpc) is 3.36. The number of nitrogens with zero attached hydrogens (tertiary/aromatic N) is 4. The molecule has 0 spiro atoms. The van der Waals surface area contributed by atoms with Gasteiger partial charge in [-0.25, -0.2) is 0 Å². The molecule has 0 bridgehead atoms. The van der Waals surface area contributed by atoms with Crippen LogP contribution in [0, 0.1) is 5.92 Å². The van der Waals surface area contributed by atoms with E-state index in [1.165, 1.54) is 6.42 Å². The molecule has 0 saturated carbocycles. The number of fused-ring (bicyclic) bond motifs is 1. The lowest BCUT2D eigenvalue weighted by Gasteiger charge is -2.17. The standard InChI is InChI=1S/C26H29N5O3/c1-2-34-22-13-11-21(12-14-22)31-17-19(16-24(31)32)26(33)27-20-9-7-18(8-10-20)25-29-28-23-6-4-3-5-15-30(23)25/h7-14,19H,2-6,15-17H2,1H3,(H,27,33)/t19-/m0/s1. The van der Waals surface area contributed by atoms with E-state index in [4.69, 9.17) is 4.74 Å². The first kappa shape index (κ1) is 22.1. The van der Waals surface area contributed by atoms with Gasteiger partial charge in [-0.2, -0.15) is 0 Å². The first-order chi connectivity index (χ1) is 16.6. The maximum Gasteiger partial charge on any atom is 0.229 e. The number of rotatable bonds is 6. The van der Waals surface area contributed by atoms with Crippen molar-refractivity contribution in [3.8, 4) is 17.1 Å². The molecule has 3 heterocycles. The molecule has 1 atom stereocenters. The molecule has 3 aromatic rings. The summed E-state index contributed by atoms with van der Waals surface area (Å²) in [5.74, 6) is 2.09. The summed E-state index contributed by atoms with van der Waals surface area (Å²) in [5, 5.41) is 11.7. The highest BCUT2D eigenvalue weighted by Crippen LogP contribution is 2.28. The molecular formula is C26H29N5O3. The van der Waals surface area contributed by atoms with Crippen LogP contribution in [-0.2, 0) is 22.6 Å². The van der Waals surface area contributed by atoms with Crippen molar-refractivity contribution in [3.05, 3.63) is 54.4 Å². The molecule has 0 radical (unpaired) electrons. The molecule has 0 aliphatic carbocycles. The van der Waals surface area contributed by atoms with Crippen molar-refractivity contribution in [2.45, 2.75) is 45.6 Å². The van der Waals surface area contributed by atoms with E-state index >= 15 is 0 Å². The summed E-state index contributed by atoms with van der Waals surface area (Å²) in [4.78, 5) is 27.1. The Kier molecular flexibility index (Phi) is 6.29. The monoisotopic (exact) mass is 459 g/mol. The van der Waals surface area contributed by atoms with Gasteiger partial charge in [-0.15, -0.1) is 10.2 Å². The Bertz CT molecular complexity index is 1170. The fraction of sp³-hybridized carbons (Fsp3) is 0.385. The number of aryl methyl sites for hydroxylation is 1. The summed E-state index contributed by atoms with van der Waals surface area (Å²) < 4.78 is 7.67. The van der Waals surface area contributed by atoms with Gasteiger partial charge < -0.3 is 19.5 Å². The quantitative estimate of drug-likeness (QED) is 0.600. The summed E-state index contributed by atoms with van der Waals surface area (Å²) in [5.41, 5.74) is 2.47. The molecule has 1 fully saturated rings. The largest absolute Gasteiger partial charge is 0.494 e. The molecule has 0 unspecified atom stereocenters. The number of benzene rings is 2. The van der Waals surface area contributed by atoms with E-state index in [1.807, 2.05) is 55.5 Å². The SMILES string of the molecule is CCOc1ccc(N2C[C@@H](C(=O)Nc3ccc(-c4nnc5n4CCCCC5)cc3)CC2=O)cc1. The summed E-state index contributed by atoms with van der Waals surface area (Å²) >= 11 is 0. The van der Waals surface area contributed by atoms with Gasteiger partial charge in [-0.05, 0) is 68.3 Å². The lowest BCUT2D eigenvalue weighted by Crippen LogP contribution is -2.28. The molecule has 2 aromatic carbocycles. The fourth-order valence-corrected chi connectivity index (χ4v) is 4.67. The van der Waals surface area contributed by atoms with E-state index in [2.05, 4.69) is 20.1 Å². The number of carbonyl (C=O) groups excluding carboxylic acids is 2. The molecule has 2 aliphatic heterocycles. The van der Waals surface area contributed by atoms with Crippen molar-refractivity contribution >= 4 is 23.2 Å². The Morgan fingerprint density at radius 2 is 1.85 bits per heavy atom. The van der Waals surface area contributed by atoms with Crippen LogP contribution in [0.4, 0.5) is 11.4 Å². The highest BCUT2D eigenvalue weighted by molar-refractivity contribution is 6.03. The predicted octanol–water partition coefficient (Wildman–Crippen LogP) is 4.06. The van der Waals surface area contributed by atoms with Crippen LogP contribution in [0.2, 0.25) is 0 Å². The summed E-state index contributed by atoms with van der Waals surface area (Å²) in [6.07, 6.45) is 4.67. The van der Waals surface area contributed by atoms with Crippen molar-refractivity contribution in [1.82, 2.24) is 14.8 Å². The van der Waals surface area contributed by atoms with E-state index in [9.17, 15) is 9.59 Å². The van der Waals surface area contributed by atoms with E-state index in [0.29, 0.717) is 18.8 Å². The first-order valence-electron chi connectivity index (χ1n) is 12.0. The van der Waals surface area contributed by atoms with Crippen LogP contribution < -0.4 is 15.0 Å². The lowest BCUT2D eigenvalue weighted by molar-refractivity contribution is -0.122. The van der Waals surface area contributed by atoms with E-state index in [-0.39, 0.29) is 18.2 Å². The van der Waals surface area contributed by atoms with Gasteiger partial charge >= 0.3 is 0 Å². The zero-order valence-electron chi connectivity index (χ0n) is 19.4. The van der Waals surface area contributed by atoms with Crippen LogP contribution in [0.25, 0.3) is 11.4 Å². The second-order valence-corrected chi connectivity index (χ2v) is 8.80. The van der Waals surface area contributed by atoms with Gasteiger partial charge in [0.2, 0.25) is 11.8 Å². The van der Waals surface area contributed by atoms with Crippen LogP contribution in [0.3, 0.4) is 0 Å². The van der Waals surface area contributed by atoms with Gasteiger partial charge in [0.25, 0.3) is 0 Å². The van der Waals surface area contributed by atoms with Crippen molar-refractivity contribution in [2.24, 2.45) is 5.92 Å². The Labute approximate surface area is 198 Å². The van der Waals surface area contributed by atoms with Crippen LogP contribution in [0.15, 0.2) is 48.5 Å². The van der Waals surface area contributed by atoms with Gasteiger partial charge in [-0.3, -0.25) is 9.59 Å². The number of amides is 2. The number of carbonyl (C=O) groups is 2. The third kappa shape index (κ3) is 4.53. The summed E-state index contributed by atoms with van der Waals surface area (Å²) in [7, 11) is 0. The van der Waals surface area contributed by atoms with Crippen molar-refractivity contribution in [3.63, 3.8) is 0 Å².